The minimum absolute atomic E-state index is 0.0828. The summed E-state index contributed by atoms with van der Waals surface area (Å²) in [6.45, 7) is 7.74. The third-order valence-electron chi connectivity index (χ3n) is 3.59. The smallest absolute Gasteiger partial charge is 0.170 e. The van der Waals surface area contributed by atoms with E-state index in [0.717, 1.165) is 0 Å². The van der Waals surface area contributed by atoms with E-state index in [1.807, 2.05) is 27.7 Å². The summed E-state index contributed by atoms with van der Waals surface area (Å²) in [5.41, 5.74) is -0.517. The molecule has 1 fully saturated rings. The van der Waals surface area contributed by atoms with Gasteiger partial charge < -0.3 is 4.74 Å². The first-order valence-electron chi connectivity index (χ1n) is 6.32. The Morgan fingerprint density at radius 2 is 2.00 bits per heavy atom. The lowest BCUT2D eigenvalue weighted by Crippen LogP contribution is -2.34. The van der Waals surface area contributed by atoms with E-state index in [9.17, 15) is 9.18 Å². The number of rotatable bonds is 2. The van der Waals surface area contributed by atoms with Gasteiger partial charge in [0.1, 0.15) is 5.82 Å². The van der Waals surface area contributed by atoms with E-state index in [1.54, 1.807) is 0 Å². The fourth-order valence-electron chi connectivity index (χ4n) is 2.85. The van der Waals surface area contributed by atoms with Gasteiger partial charge in [0.15, 0.2) is 5.78 Å². The average Bonchev–Trinajstić information content (AvgIpc) is 2.45. The summed E-state index contributed by atoms with van der Waals surface area (Å²) in [4.78, 5) is 12.6. The van der Waals surface area contributed by atoms with Crippen molar-refractivity contribution in [1.82, 2.24) is 0 Å². The molecule has 0 saturated carbocycles. The molecule has 104 valence electrons. The summed E-state index contributed by atoms with van der Waals surface area (Å²) in [7, 11) is 0. The van der Waals surface area contributed by atoms with Crippen LogP contribution in [0, 0.1) is 11.7 Å². The number of halogens is 2. The second kappa shape index (κ2) is 4.57. The molecule has 1 aliphatic heterocycles. The van der Waals surface area contributed by atoms with Crippen LogP contribution in [0.25, 0.3) is 0 Å². The Morgan fingerprint density at radius 1 is 1.37 bits per heavy atom. The quantitative estimate of drug-likeness (QED) is 0.759. The van der Waals surface area contributed by atoms with Gasteiger partial charge in [0.25, 0.3) is 0 Å². The lowest BCUT2D eigenvalue weighted by molar-refractivity contribution is -0.0712. The molecular weight excluding hydrogens is 267 g/mol. The lowest BCUT2D eigenvalue weighted by Gasteiger charge is -2.26. The molecule has 0 radical (unpaired) electrons. The average molecular weight is 285 g/mol. The van der Waals surface area contributed by atoms with Gasteiger partial charge in [-0.3, -0.25) is 4.79 Å². The lowest BCUT2D eigenvalue weighted by atomic mass is 9.81. The standard InChI is InChI=1S/C15H18ClFO2/c1-14(2)8-11(15(3,4)19-14)13(18)10-6-5-9(17)7-12(10)16/h5-7,11H,8H2,1-4H3. The monoisotopic (exact) mass is 284 g/mol. The fourth-order valence-corrected chi connectivity index (χ4v) is 3.11. The van der Waals surface area contributed by atoms with Gasteiger partial charge in [-0.05, 0) is 52.3 Å². The summed E-state index contributed by atoms with van der Waals surface area (Å²) < 4.78 is 19.0. The topological polar surface area (TPSA) is 26.3 Å². The number of hydrogen-bond donors (Lipinski definition) is 0. The number of carbonyl (C=O) groups excluding carboxylic acids is 1. The highest BCUT2D eigenvalue weighted by Gasteiger charge is 2.49. The molecule has 2 nitrogen and oxygen atoms in total. The normalized spacial score (nSPS) is 24.4. The molecule has 1 unspecified atom stereocenters. The maximum Gasteiger partial charge on any atom is 0.170 e. The highest BCUT2D eigenvalue weighted by molar-refractivity contribution is 6.34. The number of ketones is 1. The van der Waals surface area contributed by atoms with Gasteiger partial charge in [0.05, 0.1) is 22.1 Å². The van der Waals surface area contributed by atoms with Crippen molar-refractivity contribution in [3.8, 4) is 0 Å². The molecular formula is C15H18ClFO2. The molecule has 19 heavy (non-hydrogen) atoms. The second-order valence-corrected chi connectivity index (χ2v) is 6.62. The van der Waals surface area contributed by atoms with Crippen LogP contribution in [0.1, 0.15) is 44.5 Å². The maximum absolute atomic E-state index is 13.0. The van der Waals surface area contributed by atoms with E-state index < -0.39 is 11.4 Å². The third kappa shape index (κ3) is 2.82. The van der Waals surface area contributed by atoms with Crippen molar-refractivity contribution in [1.29, 1.82) is 0 Å². The Hall–Kier alpha value is -0.930. The van der Waals surface area contributed by atoms with Crippen LogP contribution in [-0.4, -0.2) is 17.0 Å². The Balaban J connectivity index is 2.34. The van der Waals surface area contributed by atoms with Crippen LogP contribution in [0.3, 0.4) is 0 Å². The third-order valence-corrected chi connectivity index (χ3v) is 3.90. The van der Waals surface area contributed by atoms with Crippen molar-refractivity contribution in [2.75, 3.05) is 0 Å². The fraction of sp³-hybridized carbons (Fsp3) is 0.533. The van der Waals surface area contributed by atoms with E-state index in [4.69, 9.17) is 16.3 Å². The van der Waals surface area contributed by atoms with Crippen LogP contribution in [0.2, 0.25) is 5.02 Å². The summed E-state index contributed by atoms with van der Waals surface area (Å²) in [5.74, 6) is -0.796. The minimum atomic E-state index is -0.543. The van der Waals surface area contributed by atoms with Crippen LogP contribution in [0.5, 0.6) is 0 Å². The van der Waals surface area contributed by atoms with E-state index in [0.29, 0.717) is 12.0 Å². The summed E-state index contributed by atoms with van der Waals surface area (Å²) in [5, 5.41) is 0.158. The SMILES string of the molecule is CC1(C)CC(C(=O)c2ccc(F)cc2Cl)C(C)(C)O1. The van der Waals surface area contributed by atoms with Crippen LogP contribution in [-0.2, 0) is 4.74 Å². The number of benzene rings is 1. The molecule has 0 bridgehead atoms. The number of ether oxygens (including phenoxy) is 1. The predicted octanol–water partition coefficient (Wildman–Crippen LogP) is 4.26. The Bertz CT molecular complexity index is 523. The Labute approximate surface area is 117 Å². The Morgan fingerprint density at radius 3 is 2.47 bits per heavy atom. The Kier molecular flexibility index (Phi) is 3.48. The van der Waals surface area contributed by atoms with Crippen LogP contribution in [0.15, 0.2) is 18.2 Å². The van der Waals surface area contributed by atoms with E-state index in [2.05, 4.69) is 0 Å². The molecule has 0 spiro atoms. The van der Waals surface area contributed by atoms with Gasteiger partial charge in [0, 0.05) is 5.56 Å². The zero-order valence-corrected chi connectivity index (χ0v) is 12.3. The minimum Gasteiger partial charge on any atom is -0.369 e. The molecule has 1 heterocycles. The van der Waals surface area contributed by atoms with Crippen LogP contribution in [0.4, 0.5) is 4.39 Å². The predicted molar refractivity (Wildman–Crippen MR) is 73.1 cm³/mol. The molecule has 2 rings (SSSR count). The summed E-state index contributed by atoms with van der Waals surface area (Å²) in [6.07, 6.45) is 0.631. The van der Waals surface area contributed by atoms with Gasteiger partial charge in [-0.2, -0.15) is 0 Å². The molecule has 1 aromatic carbocycles. The first-order valence-corrected chi connectivity index (χ1v) is 6.70. The van der Waals surface area contributed by atoms with Crippen LogP contribution >= 0.6 is 11.6 Å². The van der Waals surface area contributed by atoms with E-state index >= 15 is 0 Å². The van der Waals surface area contributed by atoms with Gasteiger partial charge in [0.2, 0.25) is 0 Å². The zero-order chi connectivity index (χ0) is 14.4. The van der Waals surface area contributed by atoms with E-state index in [-0.39, 0.29) is 22.3 Å². The highest BCUT2D eigenvalue weighted by atomic mass is 35.5. The first kappa shape index (κ1) is 14.5. The maximum atomic E-state index is 13.0. The molecule has 1 aliphatic rings. The highest BCUT2D eigenvalue weighted by Crippen LogP contribution is 2.43. The molecule has 1 aromatic rings. The summed E-state index contributed by atoms with van der Waals surface area (Å²) >= 11 is 5.97. The molecule has 1 atom stereocenters. The first-order chi connectivity index (χ1) is 8.62. The van der Waals surface area contributed by atoms with Gasteiger partial charge in [-0.25, -0.2) is 4.39 Å². The van der Waals surface area contributed by atoms with Crippen molar-refractivity contribution in [2.24, 2.45) is 5.92 Å². The van der Waals surface area contributed by atoms with Crippen molar-refractivity contribution in [2.45, 2.75) is 45.3 Å². The molecule has 0 aromatic heterocycles. The van der Waals surface area contributed by atoms with Gasteiger partial charge >= 0.3 is 0 Å². The van der Waals surface area contributed by atoms with Gasteiger partial charge in [-0.15, -0.1) is 0 Å². The summed E-state index contributed by atoms with van der Waals surface area (Å²) in [6, 6.07) is 3.87. The van der Waals surface area contributed by atoms with E-state index in [1.165, 1.54) is 18.2 Å². The largest absolute Gasteiger partial charge is 0.369 e. The molecule has 0 N–H and O–H groups in total. The zero-order valence-electron chi connectivity index (χ0n) is 11.6. The van der Waals surface area contributed by atoms with Crippen molar-refractivity contribution >= 4 is 17.4 Å². The van der Waals surface area contributed by atoms with Crippen molar-refractivity contribution in [3.05, 3.63) is 34.6 Å². The molecule has 4 heteroatoms. The van der Waals surface area contributed by atoms with Gasteiger partial charge in [-0.1, -0.05) is 11.6 Å². The number of Topliss-reactive ketones (excluding diaryl/α,β-unsaturated/α-hetero) is 1. The van der Waals surface area contributed by atoms with Crippen LogP contribution < -0.4 is 0 Å². The molecule has 0 amide bonds. The van der Waals surface area contributed by atoms with Crippen molar-refractivity contribution < 1.29 is 13.9 Å². The van der Waals surface area contributed by atoms with Crippen molar-refractivity contribution in [3.63, 3.8) is 0 Å². The number of hydrogen-bond acceptors (Lipinski definition) is 2. The second-order valence-electron chi connectivity index (χ2n) is 6.21. The molecule has 0 aliphatic carbocycles. The number of carbonyl (C=O) groups is 1. The molecule has 1 saturated heterocycles.